The summed E-state index contributed by atoms with van der Waals surface area (Å²) in [4.78, 5) is 38.8. The first-order chi connectivity index (χ1) is 13.6. The molecular weight excluding hydrogens is 362 g/mol. The molecule has 1 aromatic heterocycles. The van der Waals surface area contributed by atoms with Gasteiger partial charge in [-0.05, 0) is 51.4 Å². The minimum atomic E-state index is -0.443. The van der Waals surface area contributed by atoms with Crippen LogP contribution in [-0.4, -0.2) is 53.6 Å². The predicted molar refractivity (Wildman–Crippen MR) is 98.4 cm³/mol. The molecule has 0 aromatic carbocycles. The molecule has 3 fully saturated rings. The first-order valence-corrected chi connectivity index (χ1v) is 10.2. The van der Waals surface area contributed by atoms with Crippen molar-refractivity contribution in [1.29, 1.82) is 0 Å². The number of likely N-dealkylation sites (tertiary alicyclic amines) is 1. The minimum absolute atomic E-state index is 0.0287. The molecule has 8 nitrogen and oxygen atoms in total. The van der Waals surface area contributed by atoms with E-state index in [0.717, 1.165) is 37.8 Å². The van der Waals surface area contributed by atoms with Crippen LogP contribution in [0.15, 0.2) is 10.6 Å². The van der Waals surface area contributed by atoms with Crippen molar-refractivity contribution in [2.75, 3.05) is 13.7 Å². The largest absolute Gasteiger partial charge is 0.467 e. The number of amides is 2. The van der Waals surface area contributed by atoms with Crippen LogP contribution in [0.4, 0.5) is 0 Å². The van der Waals surface area contributed by atoms with Crippen molar-refractivity contribution in [3.8, 4) is 0 Å². The number of nitrogens with one attached hydrogen (secondary N) is 1. The van der Waals surface area contributed by atoms with Crippen molar-refractivity contribution in [2.24, 2.45) is 5.92 Å². The van der Waals surface area contributed by atoms with Gasteiger partial charge in [-0.25, -0.2) is 4.79 Å². The second kappa shape index (κ2) is 7.93. The first-order valence-electron chi connectivity index (χ1n) is 10.2. The Hall–Kier alpha value is -2.38. The molecule has 152 valence electrons. The van der Waals surface area contributed by atoms with Crippen molar-refractivity contribution in [3.05, 3.63) is 17.5 Å². The van der Waals surface area contributed by atoms with Gasteiger partial charge in [0.1, 0.15) is 6.04 Å². The molecule has 4 rings (SSSR count). The van der Waals surface area contributed by atoms with Crippen LogP contribution in [0.1, 0.15) is 73.5 Å². The molecule has 2 heterocycles. The van der Waals surface area contributed by atoms with Crippen LogP contribution in [-0.2, 0) is 14.3 Å². The standard InChI is InChI=1S/C20H27N3O5/c1-27-20(26)16-3-2-10-23(16)19(25)13-6-8-14(9-7-13)21-18(24)17-11-15(22-28-17)12-4-5-12/h11-14,16H,2-10H2,1H3,(H,21,24). The number of ether oxygens (including phenoxy) is 1. The summed E-state index contributed by atoms with van der Waals surface area (Å²) in [6, 6.07) is 1.32. The molecule has 2 saturated carbocycles. The third-order valence-corrected chi connectivity index (χ3v) is 6.17. The first kappa shape index (κ1) is 19.0. The Bertz CT molecular complexity index is 749. The third kappa shape index (κ3) is 3.91. The van der Waals surface area contributed by atoms with Crippen molar-refractivity contribution < 1.29 is 23.6 Å². The third-order valence-electron chi connectivity index (χ3n) is 6.17. The van der Waals surface area contributed by atoms with E-state index >= 15 is 0 Å². The number of esters is 1. The van der Waals surface area contributed by atoms with E-state index in [1.807, 2.05) is 0 Å². The topological polar surface area (TPSA) is 102 Å². The van der Waals surface area contributed by atoms with E-state index in [1.165, 1.54) is 7.11 Å². The van der Waals surface area contributed by atoms with E-state index in [-0.39, 0.29) is 35.5 Å². The van der Waals surface area contributed by atoms with Crippen LogP contribution >= 0.6 is 0 Å². The van der Waals surface area contributed by atoms with Gasteiger partial charge in [0, 0.05) is 30.5 Å². The smallest absolute Gasteiger partial charge is 0.328 e. The van der Waals surface area contributed by atoms with E-state index < -0.39 is 6.04 Å². The Labute approximate surface area is 163 Å². The van der Waals surface area contributed by atoms with Crippen LogP contribution in [0.3, 0.4) is 0 Å². The second-order valence-corrected chi connectivity index (χ2v) is 8.13. The summed E-state index contributed by atoms with van der Waals surface area (Å²) in [5.74, 6) is 0.0975. The summed E-state index contributed by atoms with van der Waals surface area (Å²) in [5.41, 5.74) is 0.866. The summed E-state index contributed by atoms with van der Waals surface area (Å²) in [7, 11) is 1.36. The average Bonchev–Trinajstić information content (AvgIpc) is 3.24. The van der Waals surface area contributed by atoms with Crippen LogP contribution in [0, 0.1) is 5.92 Å². The molecule has 1 N–H and O–H groups in total. The Morgan fingerprint density at radius 1 is 1.14 bits per heavy atom. The Balaban J connectivity index is 1.27. The summed E-state index contributed by atoms with van der Waals surface area (Å²) in [6.07, 6.45) is 6.61. The summed E-state index contributed by atoms with van der Waals surface area (Å²) in [5, 5.41) is 6.98. The molecule has 1 unspecified atom stereocenters. The van der Waals surface area contributed by atoms with E-state index in [9.17, 15) is 14.4 Å². The van der Waals surface area contributed by atoms with Gasteiger partial charge in [0.2, 0.25) is 11.7 Å². The zero-order chi connectivity index (χ0) is 19.7. The highest BCUT2D eigenvalue weighted by atomic mass is 16.5. The van der Waals surface area contributed by atoms with Gasteiger partial charge in [-0.15, -0.1) is 0 Å². The molecule has 1 atom stereocenters. The fourth-order valence-corrected chi connectivity index (χ4v) is 4.35. The number of methoxy groups -OCH3 is 1. The molecule has 8 heteroatoms. The molecule has 1 saturated heterocycles. The number of carbonyl (C=O) groups excluding carboxylic acids is 3. The zero-order valence-corrected chi connectivity index (χ0v) is 16.2. The van der Waals surface area contributed by atoms with Gasteiger partial charge < -0.3 is 19.5 Å². The van der Waals surface area contributed by atoms with E-state index in [1.54, 1.807) is 11.0 Å². The molecule has 0 spiro atoms. The van der Waals surface area contributed by atoms with Crippen molar-refractivity contribution in [2.45, 2.75) is 69.4 Å². The average molecular weight is 389 g/mol. The molecule has 0 radical (unpaired) electrons. The van der Waals surface area contributed by atoms with Crippen LogP contribution in [0.25, 0.3) is 0 Å². The number of hydrogen-bond donors (Lipinski definition) is 1. The van der Waals surface area contributed by atoms with Crippen LogP contribution in [0.2, 0.25) is 0 Å². The van der Waals surface area contributed by atoms with Gasteiger partial charge in [-0.1, -0.05) is 5.16 Å². The van der Waals surface area contributed by atoms with Gasteiger partial charge >= 0.3 is 5.97 Å². The lowest BCUT2D eigenvalue weighted by atomic mass is 9.85. The molecule has 28 heavy (non-hydrogen) atoms. The predicted octanol–water partition coefficient (Wildman–Crippen LogP) is 2.00. The highest BCUT2D eigenvalue weighted by molar-refractivity contribution is 5.91. The number of rotatable bonds is 5. The molecule has 1 aliphatic heterocycles. The number of aromatic nitrogens is 1. The molecule has 3 aliphatic rings. The molecule has 0 bridgehead atoms. The molecular formula is C20H27N3O5. The lowest BCUT2D eigenvalue weighted by molar-refractivity contribution is -0.152. The molecule has 2 amide bonds. The monoisotopic (exact) mass is 389 g/mol. The normalized spacial score (nSPS) is 27.5. The minimum Gasteiger partial charge on any atom is -0.467 e. The fourth-order valence-electron chi connectivity index (χ4n) is 4.35. The second-order valence-electron chi connectivity index (χ2n) is 8.13. The Morgan fingerprint density at radius 2 is 1.89 bits per heavy atom. The maximum Gasteiger partial charge on any atom is 0.328 e. The number of nitrogens with zero attached hydrogens (tertiary/aromatic N) is 2. The number of hydrogen-bond acceptors (Lipinski definition) is 6. The van der Waals surface area contributed by atoms with Crippen molar-refractivity contribution in [3.63, 3.8) is 0 Å². The van der Waals surface area contributed by atoms with Crippen molar-refractivity contribution >= 4 is 17.8 Å². The van der Waals surface area contributed by atoms with E-state index in [4.69, 9.17) is 9.26 Å². The maximum atomic E-state index is 12.9. The van der Waals surface area contributed by atoms with Gasteiger partial charge in [0.25, 0.3) is 5.91 Å². The summed E-state index contributed by atoms with van der Waals surface area (Å²) < 4.78 is 10.0. The molecule has 1 aromatic rings. The van der Waals surface area contributed by atoms with Crippen molar-refractivity contribution in [1.82, 2.24) is 15.4 Å². The fraction of sp³-hybridized carbons (Fsp3) is 0.700. The van der Waals surface area contributed by atoms with Crippen LogP contribution < -0.4 is 5.32 Å². The maximum absolute atomic E-state index is 12.9. The Kier molecular flexibility index (Phi) is 5.37. The SMILES string of the molecule is COC(=O)C1CCCN1C(=O)C1CCC(NC(=O)c2cc(C3CC3)no2)CC1. The quantitative estimate of drug-likeness (QED) is 0.773. The highest BCUT2D eigenvalue weighted by Gasteiger charge is 2.39. The van der Waals surface area contributed by atoms with Gasteiger partial charge in [0.15, 0.2) is 0 Å². The zero-order valence-electron chi connectivity index (χ0n) is 16.2. The number of carbonyl (C=O) groups is 3. The van der Waals surface area contributed by atoms with Gasteiger partial charge in [0.05, 0.1) is 12.8 Å². The summed E-state index contributed by atoms with van der Waals surface area (Å²) in [6.45, 7) is 0.615. The van der Waals surface area contributed by atoms with Gasteiger partial charge in [-0.3, -0.25) is 9.59 Å². The van der Waals surface area contributed by atoms with E-state index in [0.29, 0.717) is 31.7 Å². The highest BCUT2D eigenvalue weighted by Crippen LogP contribution is 2.39. The molecule has 2 aliphatic carbocycles. The lowest BCUT2D eigenvalue weighted by Crippen LogP contribution is -2.46. The lowest BCUT2D eigenvalue weighted by Gasteiger charge is -2.32. The summed E-state index contributed by atoms with van der Waals surface area (Å²) >= 11 is 0. The van der Waals surface area contributed by atoms with Gasteiger partial charge in [-0.2, -0.15) is 0 Å². The van der Waals surface area contributed by atoms with E-state index in [2.05, 4.69) is 10.5 Å². The van der Waals surface area contributed by atoms with Crippen LogP contribution in [0.5, 0.6) is 0 Å². The Morgan fingerprint density at radius 3 is 2.57 bits per heavy atom.